The van der Waals surface area contributed by atoms with Gasteiger partial charge in [0.1, 0.15) is 39.8 Å². The fraction of sp³-hybridized carbons (Fsp3) is 0.650. The average molecular weight is 812 g/mol. The molecule has 8 rings (SSSR count). The van der Waals surface area contributed by atoms with Gasteiger partial charge in [-0.2, -0.15) is 0 Å². The fourth-order valence-corrected chi connectivity index (χ4v) is 11.0. The molecule has 4 aromatic heterocycles. The van der Waals surface area contributed by atoms with E-state index in [0.717, 1.165) is 48.6 Å². The lowest BCUT2D eigenvalue weighted by Gasteiger charge is -2.35. The van der Waals surface area contributed by atoms with Crippen molar-refractivity contribution in [3.05, 3.63) is 33.5 Å². The van der Waals surface area contributed by atoms with Gasteiger partial charge in [-0.3, -0.25) is 14.5 Å². The number of halogens is 1. The fourth-order valence-electron chi connectivity index (χ4n) is 8.25. The Bertz CT molecular complexity index is 1900. The Kier molecular flexibility index (Phi) is 14.6. The third-order valence-electron chi connectivity index (χ3n) is 11.6. The number of rotatable bonds is 9. The van der Waals surface area contributed by atoms with Gasteiger partial charge in [-0.15, -0.1) is 34.3 Å². The quantitative estimate of drug-likeness (QED) is 0.164. The molecule has 0 atom stereocenters. The minimum atomic E-state index is -0.0540. The number of carbonyl (C=O) groups is 2. The van der Waals surface area contributed by atoms with Gasteiger partial charge in [0.25, 0.3) is 0 Å². The number of likely N-dealkylation sites (N-methyl/N-ethyl adjacent to an activating group) is 2. The highest BCUT2D eigenvalue weighted by Gasteiger charge is 2.28. The number of nitrogens with zero attached hydrogens (tertiary/aromatic N) is 7. The van der Waals surface area contributed by atoms with Crippen molar-refractivity contribution in [2.45, 2.75) is 114 Å². The molecule has 0 unspecified atom stereocenters. The van der Waals surface area contributed by atoms with Crippen molar-refractivity contribution in [1.29, 1.82) is 0 Å². The topological polar surface area (TPSA) is 132 Å². The molecule has 4 heterocycles. The van der Waals surface area contributed by atoms with Gasteiger partial charge in [0.05, 0.1) is 17.3 Å². The molecule has 0 saturated heterocycles. The first-order chi connectivity index (χ1) is 26.6. The summed E-state index contributed by atoms with van der Waals surface area (Å²) in [6.07, 6.45) is 20.2. The van der Waals surface area contributed by atoms with Gasteiger partial charge in [0.2, 0.25) is 11.8 Å². The van der Waals surface area contributed by atoms with E-state index < -0.39 is 0 Å². The summed E-state index contributed by atoms with van der Waals surface area (Å²) in [6.45, 7) is 0.503. The number of amides is 2. The van der Waals surface area contributed by atoms with Crippen LogP contribution >= 0.6 is 34.3 Å². The molecular formula is C40H59ClN10O2S2. The van der Waals surface area contributed by atoms with Crippen LogP contribution in [0.4, 0.5) is 11.6 Å². The largest absolute Gasteiger partial charge is 0.367 e. The van der Waals surface area contributed by atoms with Crippen molar-refractivity contribution >= 4 is 78.2 Å². The Hall–Kier alpha value is -3.17. The molecule has 2 amide bonds. The van der Waals surface area contributed by atoms with Crippen LogP contribution < -0.4 is 16.0 Å². The van der Waals surface area contributed by atoms with Gasteiger partial charge >= 0.3 is 0 Å². The molecule has 0 radical (unpaired) electrons. The van der Waals surface area contributed by atoms with Crippen LogP contribution in [-0.4, -0.2) is 125 Å². The van der Waals surface area contributed by atoms with Crippen LogP contribution in [0.25, 0.3) is 20.4 Å². The number of hydrogen-bond acceptors (Lipinski definition) is 12. The van der Waals surface area contributed by atoms with Crippen LogP contribution in [0.2, 0.25) is 0 Å². The minimum absolute atomic E-state index is 0.0540. The van der Waals surface area contributed by atoms with Crippen LogP contribution in [-0.2, 0) is 35.3 Å². The predicted molar refractivity (Wildman–Crippen MR) is 228 cm³/mol. The number of carbonyl (C=O) groups excluding carboxylic acids is 2. The third kappa shape index (κ3) is 10.2. The molecule has 55 heavy (non-hydrogen) atoms. The van der Waals surface area contributed by atoms with E-state index in [1.54, 1.807) is 31.6 Å². The minimum Gasteiger partial charge on any atom is -0.367 e. The first-order valence-electron chi connectivity index (χ1n) is 19.9. The van der Waals surface area contributed by atoms with Crippen LogP contribution in [0.15, 0.2) is 12.7 Å². The normalized spacial score (nSPS) is 21.6. The van der Waals surface area contributed by atoms with Gasteiger partial charge in [-0.25, -0.2) is 19.9 Å². The molecular weight excluding hydrogens is 752 g/mol. The van der Waals surface area contributed by atoms with Crippen LogP contribution in [0.5, 0.6) is 0 Å². The molecule has 2 fully saturated rings. The number of hydrogen-bond donors (Lipinski definition) is 3. The zero-order valence-electron chi connectivity index (χ0n) is 33.4. The number of aromatic nitrogens is 4. The summed E-state index contributed by atoms with van der Waals surface area (Å²) in [5, 5.41) is 13.4. The lowest BCUT2D eigenvalue weighted by Crippen LogP contribution is -2.43. The molecule has 0 spiro atoms. The lowest BCUT2D eigenvalue weighted by atomic mass is 9.90. The number of aryl methyl sites for hydroxylation is 4. The summed E-state index contributed by atoms with van der Waals surface area (Å²) in [5.74, 6) is 2.30. The highest BCUT2D eigenvalue weighted by molar-refractivity contribution is 7.19. The van der Waals surface area contributed by atoms with Crippen LogP contribution in [0.1, 0.15) is 85.1 Å². The maximum Gasteiger partial charge on any atom is 0.236 e. The Morgan fingerprint density at radius 3 is 1.55 bits per heavy atom. The molecule has 4 aliphatic rings. The van der Waals surface area contributed by atoms with Crippen molar-refractivity contribution < 1.29 is 9.59 Å². The molecule has 2 saturated carbocycles. The van der Waals surface area contributed by atoms with Crippen molar-refractivity contribution in [3.8, 4) is 0 Å². The zero-order valence-corrected chi connectivity index (χ0v) is 35.8. The van der Waals surface area contributed by atoms with Gasteiger partial charge in [-0.05, 0) is 115 Å². The van der Waals surface area contributed by atoms with Gasteiger partial charge in [-0.1, -0.05) is 0 Å². The molecule has 4 aliphatic carbocycles. The molecule has 12 nitrogen and oxygen atoms in total. The number of thiophene rings is 2. The van der Waals surface area contributed by atoms with Gasteiger partial charge in [0, 0.05) is 62.1 Å². The van der Waals surface area contributed by atoms with Gasteiger partial charge < -0.3 is 25.8 Å². The van der Waals surface area contributed by atoms with Crippen molar-refractivity contribution in [1.82, 2.24) is 40.0 Å². The number of alkyl halides is 1. The van der Waals surface area contributed by atoms with E-state index in [1.807, 2.05) is 36.8 Å². The summed E-state index contributed by atoms with van der Waals surface area (Å²) in [7, 11) is 11.1. The summed E-state index contributed by atoms with van der Waals surface area (Å²) in [5.41, 5.74) is 3.00. The van der Waals surface area contributed by atoms with Crippen molar-refractivity contribution in [3.63, 3.8) is 0 Å². The molecule has 0 aromatic carbocycles. The van der Waals surface area contributed by atoms with E-state index in [0.29, 0.717) is 30.7 Å². The Morgan fingerprint density at radius 2 is 1.13 bits per heavy atom. The summed E-state index contributed by atoms with van der Waals surface area (Å²) >= 11 is 8.86. The molecule has 0 aliphatic heterocycles. The summed E-state index contributed by atoms with van der Waals surface area (Å²) < 4.78 is 0. The molecule has 4 aromatic rings. The number of anilines is 2. The smallest absolute Gasteiger partial charge is 0.236 e. The molecule has 15 heteroatoms. The Morgan fingerprint density at radius 1 is 0.673 bits per heavy atom. The summed E-state index contributed by atoms with van der Waals surface area (Å²) in [4.78, 5) is 51.1. The van der Waals surface area contributed by atoms with E-state index in [2.05, 4.69) is 54.9 Å². The lowest BCUT2D eigenvalue weighted by molar-refractivity contribution is -0.130. The van der Waals surface area contributed by atoms with E-state index in [4.69, 9.17) is 11.6 Å². The second-order valence-electron chi connectivity index (χ2n) is 15.8. The Balaban J connectivity index is 0.000000163. The molecule has 0 bridgehead atoms. The first kappa shape index (κ1) is 41.5. The second kappa shape index (κ2) is 19.3. The zero-order chi connectivity index (χ0) is 39.1. The number of fused-ring (bicyclic) bond motifs is 6. The Labute approximate surface area is 339 Å². The summed E-state index contributed by atoms with van der Waals surface area (Å²) in [6, 6.07) is 2.19. The second-order valence-corrected chi connectivity index (χ2v) is 18.2. The maximum absolute atomic E-state index is 12.0. The highest BCUT2D eigenvalue weighted by Crippen LogP contribution is 2.41. The van der Waals surface area contributed by atoms with Crippen molar-refractivity contribution in [2.24, 2.45) is 0 Å². The van der Waals surface area contributed by atoms with E-state index in [-0.39, 0.29) is 17.7 Å². The average Bonchev–Trinajstić information content (AvgIpc) is 3.98. The predicted octanol–water partition coefficient (Wildman–Crippen LogP) is 6.36. The van der Waals surface area contributed by atoms with Crippen LogP contribution in [0, 0.1) is 0 Å². The van der Waals surface area contributed by atoms with E-state index in [9.17, 15) is 9.59 Å². The standard InChI is InChI=1S/C20H29N5OS.C16H22N4S.C4H8ClNO/c1-24(2)17(26)11-25(3)14-9-7-13(8-10-14)23-19-18-15-5-4-6-16(15)27-20(18)22-12-21-19;1-17-10-5-7-11(8-6-10)20-15-14-12-3-2-4-13(12)21-16(14)19-9-18-15;1-6(2)4(7)3-5/h12-14H,4-11H2,1-3H3,(H,21,22,23);9-11,17H,2-8H2,1H3,(H,18,19,20);3H2,1-2H3. The number of nitrogens with one attached hydrogen (secondary N) is 3. The van der Waals surface area contributed by atoms with Crippen molar-refractivity contribution in [2.75, 3.05) is 65.3 Å². The maximum atomic E-state index is 12.0. The van der Waals surface area contributed by atoms with E-state index >= 15 is 0 Å². The van der Waals surface area contributed by atoms with Crippen LogP contribution in [0.3, 0.4) is 0 Å². The van der Waals surface area contributed by atoms with E-state index in [1.165, 1.54) is 99.2 Å². The molecule has 3 N–H and O–H groups in total. The first-order valence-corrected chi connectivity index (χ1v) is 22.1. The highest BCUT2D eigenvalue weighted by atomic mass is 35.5. The SMILES string of the molecule is CN(C)C(=O)CCl.CN(C)C(=O)CN(C)C1CCC(Nc2ncnc3sc4c(c23)CCC4)CC1.CNC1CCC(Nc2ncnc3sc4c(c23)CCC4)CC1. The van der Waals surface area contributed by atoms with Gasteiger partial charge in [0.15, 0.2) is 0 Å². The molecule has 300 valence electrons. The third-order valence-corrected chi connectivity index (χ3v) is 14.3. The monoisotopic (exact) mass is 810 g/mol.